The first kappa shape index (κ1) is 16.0. The van der Waals surface area contributed by atoms with Gasteiger partial charge in [-0.15, -0.1) is 5.10 Å². The molecule has 106 valence electrons. The number of H-pyrrole nitrogens is 1. The number of aryl methyl sites for hydroxylation is 1. The second kappa shape index (κ2) is 8.94. The number of aromatic amines is 1. The van der Waals surface area contributed by atoms with Gasteiger partial charge in [-0.2, -0.15) is 10.5 Å². The van der Waals surface area contributed by atoms with E-state index in [1.807, 2.05) is 19.1 Å². The number of hydrogen-bond donors (Lipinski definition) is 1. The molecular formula is C12H16N6OS. The molecule has 1 aromatic rings. The molecule has 20 heavy (non-hydrogen) atoms. The van der Waals surface area contributed by atoms with Crippen molar-refractivity contribution in [3.63, 3.8) is 0 Å². The Kier molecular flexibility index (Phi) is 7.15. The van der Waals surface area contributed by atoms with E-state index in [0.29, 0.717) is 18.2 Å². The van der Waals surface area contributed by atoms with Crippen molar-refractivity contribution in [3.05, 3.63) is 5.82 Å². The topological polar surface area (TPSA) is 109 Å². The van der Waals surface area contributed by atoms with Crippen molar-refractivity contribution in [1.82, 2.24) is 20.1 Å². The van der Waals surface area contributed by atoms with Crippen LogP contribution in [-0.4, -0.2) is 44.8 Å². The molecule has 0 spiro atoms. The number of carbonyl (C=O) groups is 1. The molecule has 0 aliphatic heterocycles. The van der Waals surface area contributed by atoms with Crippen LogP contribution in [0.1, 0.15) is 25.6 Å². The van der Waals surface area contributed by atoms with E-state index in [-0.39, 0.29) is 24.5 Å². The van der Waals surface area contributed by atoms with Crippen molar-refractivity contribution in [3.8, 4) is 12.1 Å². The molecule has 0 saturated heterocycles. The molecule has 0 saturated carbocycles. The molecule has 8 heteroatoms. The second-order valence-corrected chi connectivity index (χ2v) is 4.85. The van der Waals surface area contributed by atoms with Crippen molar-refractivity contribution < 1.29 is 4.79 Å². The summed E-state index contributed by atoms with van der Waals surface area (Å²) in [6, 6.07) is 4.00. The van der Waals surface area contributed by atoms with Crippen LogP contribution < -0.4 is 0 Å². The molecule has 0 aliphatic carbocycles. The third-order valence-electron chi connectivity index (χ3n) is 2.51. The molecule has 1 N–H and O–H groups in total. The fourth-order valence-corrected chi connectivity index (χ4v) is 2.17. The first-order valence-corrected chi connectivity index (χ1v) is 7.25. The van der Waals surface area contributed by atoms with Crippen molar-refractivity contribution in [2.45, 2.75) is 31.3 Å². The third kappa shape index (κ3) is 5.29. The highest BCUT2D eigenvalue weighted by Gasteiger charge is 2.14. The van der Waals surface area contributed by atoms with Crippen LogP contribution in [0.15, 0.2) is 5.16 Å². The number of nitrogens with one attached hydrogen (secondary N) is 1. The van der Waals surface area contributed by atoms with Crippen molar-refractivity contribution in [1.29, 1.82) is 10.5 Å². The van der Waals surface area contributed by atoms with Gasteiger partial charge in [-0.3, -0.25) is 9.89 Å². The Morgan fingerprint density at radius 3 is 2.50 bits per heavy atom. The standard InChI is InChI=1S/C12H16N6OS/c1-2-10-15-12(17-16-10)20-9-11(19)18(7-3-5-13)8-4-6-14/h2-4,7-9H2,1H3,(H,15,16,17). The highest BCUT2D eigenvalue weighted by Crippen LogP contribution is 2.13. The van der Waals surface area contributed by atoms with E-state index in [9.17, 15) is 4.79 Å². The minimum atomic E-state index is -0.108. The Morgan fingerprint density at radius 2 is 2.00 bits per heavy atom. The normalized spacial score (nSPS) is 9.75. The van der Waals surface area contributed by atoms with Gasteiger partial charge in [0, 0.05) is 19.5 Å². The van der Waals surface area contributed by atoms with Gasteiger partial charge in [0.2, 0.25) is 11.1 Å². The number of thioether (sulfide) groups is 1. The van der Waals surface area contributed by atoms with Gasteiger partial charge in [0.15, 0.2) is 0 Å². The molecule has 7 nitrogen and oxygen atoms in total. The lowest BCUT2D eigenvalue weighted by Crippen LogP contribution is -2.34. The molecule has 0 aromatic carbocycles. The Balaban J connectivity index is 2.48. The maximum Gasteiger partial charge on any atom is 0.233 e. The van der Waals surface area contributed by atoms with E-state index in [0.717, 1.165) is 12.2 Å². The van der Waals surface area contributed by atoms with Crippen LogP contribution >= 0.6 is 11.8 Å². The summed E-state index contributed by atoms with van der Waals surface area (Å²) in [6.07, 6.45) is 1.29. The van der Waals surface area contributed by atoms with Gasteiger partial charge in [0.1, 0.15) is 5.82 Å². The smallest absolute Gasteiger partial charge is 0.233 e. The number of nitrogens with zero attached hydrogens (tertiary/aromatic N) is 5. The van der Waals surface area contributed by atoms with E-state index < -0.39 is 0 Å². The van der Waals surface area contributed by atoms with Gasteiger partial charge in [-0.25, -0.2) is 4.98 Å². The van der Waals surface area contributed by atoms with Crippen LogP contribution in [0.3, 0.4) is 0 Å². The largest absolute Gasteiger partial charge is 0.340 e. The summed E-state index contributed by atoms with van der Waals surface area (Å²) in [7, 11) is 0. The van der Waals surface area contributed by atoms with Gasteiger partial charge in [0.25, 0.3) is 0 Å². The summed E-state index contributed by atoms with van der Waals surface area (Å²) >= 11 is 1.25. The SMILES string of the molecule is CCc1nc(SCC(=O)N(CCC#N)CCC#N)n[nH]1. The summed E-state index contributed by atoms with van der Waals surface area (Å²) in [6.45, 7) is 2.67. The quantitative estimate of drug-likeness (QED) is 0.719. The van der Waals surface area contributed by atoms with E-state index >= 15 is 0 Å². The van der Waals surface area contributed by atoms with E-state index in [2.05, 4.69) is 15.2 Å². The zero-order chi connectivity index (χ0) is 14.8. The van der Waals surface area contributed by atoms with Gasteiger partial charge in [0.05, 0.1) is 30.7 Å². The fourth-order valence-electron chi connectivity index (χ4n) is 1.45. The average molecular weight is 292 g/mol. The minimum absolute atomic E-state index is 0.108. The van der Waals surface area contributed by atoms with Crippen LogP contribution in [-0.2, 0) is 11.2 Å². The van der Waals surface area contributed by atoms with E-state index in [1.54, 1.807) is 0 Å². The molecule has 0 bridgehead atoms. The number of carbonyl (C=O) groups excluding carboxylic acids is 1. The second-order valence-electron chi connectivity index (χ2n) is 3.90. The molecule has 0 aliphatic rings. The monoisotopic (exact) mass is 292 g/mol. The summed E-state index contributed by atoms with van der Waals surface area (Å²) in [5.41, 5.74) is 0. The first-order chi connectivity index (χ1) is 9.71. The Labute approximate surface area is 122 Å². The van der Waals surface area contributed by atoms with Crippen molar-refractivity contribution in [2.24, 2.45) is 0 Å². The van der Waals surface area contributed by atoms with Gasteiger partial charge in [-0.1, -0.05) is 18.7 Å². The minimum Gasteiger partial charge on any atom is -0.340 e. The van der Waals surface area contributed by atoms with Gasteiger partial charge < -0.3 is 4.90 Å². The first-order valence-electron chi connectivity index (χ1n) is 6.27. The molecular weight excluding hydrogens is 276 g/mol. The fraction of sp³-hybridized carbons (Fsp3) is 0.583. The number of rotatable bonds is 8. The molecule has 1 heterocycles. The Morgan fingerprint density at radius 1 is 1.35 bits per heavy atom. The zero-order valence-corrected chi connectivity index (χ0v) is 12.1. The van der Waals surface area contributed by atoms with Crippen LogP contribution in [0.25, 0.3) is 0 Å². The highest BCUT2D eigenvalue weighted by atomic mass is 32.2. The Hall–Kier alpha value is -2.06. The summed E-state index contributed by atoms with van der Waals surface area (Å²) in [5.74, 6) is 0.881. The average Bonchev–Trinajstić information content (AvgIpc) is 2.93. The number of hydrogen-bond acceptors (Lipinski definition) is 6. The number of amides is 1. The molecule has 1 amide bonds. The van der Waals surface area contributed by atoms with Crippen LogP contribution in [0.4, 0.5) is 0 Å². The molecule has 1 rings (SSSR count). The summed E-state index contributed by atoms with van der Waals surface area (Å²) in [4.78, 5) is 17.8. The predicted octanol–water partition coefficient (Wildman–Crippen LogP) is 1.12. The van der Waals surface area contributed by atoms with Crippen LogP contribution in [0, 0.1) is 22.7 Å². The maximum atomic E-state index is 12.0. The molecule has 0 fully saturated rings. The molecule has 1 aromatic heterocycles. The zero-order valence-electron chi connectivity index (χ0n) is 11.3. The number of aromatic nitrogens is 3. The van der Waals surface area contributed by atoms with E-state index in [4.69, 9.17) is 10.5 Å². The predicted molar refractivity (Wildman–Crippen MR) is 73.5 cm³/mol. The lowest BCUT2D eigenvalue weighted by molar-refractivity contribution is -0.128. The van der Waals surface area contributed by atoms with Crippen molar-refractivity contribution >= 4 is 17.7 Å². The van der Waals surface area contributed by atoms with Crippen LogP contribution in [0.2, 0.25) is 0 Å². The number of nitriles is 2. The maximum absolute atomic E-state index is 12.0. The summed E-state index contributed by atoms with van der Waals surface area (Å²) < 4.78 is 0. The highest BCUT2D eigenvalue weighted by molar-refractivity contribution is 7.99. The lowest BCUT2D eigenvalue weighted by Gasteiger charge is -2.19. The lowest BCUT2D eigenvalue weighted by atomic mass is 10.3. The molecule has 0 unspecified atom stereocenters. The van der Waals surface area contributed by atoms with Gasteiger partial charge >= 0.3 is 0 Å². The van der Waals surface area contributed by atoms with Crippen LogP contribution in [0.5, 0.6) is 0 Å². The molecule has 0 radical (unpaired) electrons. The van der Waals surface area contributed by atoms with E-state index in [1.165, 1.54) is 16.7 Å². The van der Waals surface area contributed by atoms with Gasteiger partial charge in [-0.05, 0) is 0 Å². The molecule has 0 atom stereocenters. The third-order valence-corrected chi connectivity index (χ3v) is 3.34. The summed E-state index contributed by atoms with van der Waals surface area (Å²) in [5, 5.41) is 24.5. The Bertz CT molecular complexity index is 497. The van der Waals surface area contributed by atoms with Crippen molar-refractivity contribution in [2.75, 3.05) is 18.8 Å².